The molecule has 1 amide bonds. The highest BCUT2D eigenvalue weighted by Crippen LogP contribution is 2.32. The van der Waals surface area contributed by atoms with Gasteiger partial charge in [-0.1, -0.05) is 12.1 Å². The quantitative estimate of drug-likeness (QED) is 0.737. The molecule has 0 saturated heterocycles. The van der Waals surface area contributed by atoms with Crippen molar-refractivity contribution >= 4 is 5.91 Å². The molecule has 6 nitrogen and oxygen atoms in total. The highest BCUT2D eigenvalue weighted by molar-refractivity contribution is 5.76. The molecule has 1 aliphatic heterocycles. The Morgan fingerprint density at radius 1 is 1.24 bits per heavy atom. The minimum Gasteiger partial charge on any atom is -0.454 e. The Kier molecular flexibility index (Phi) is 5.85. The number of pyridine rings is 1. The van der Waals surface area contributed by atoms with Gasteiger partial charge in [0.15, 0.2) is 11.5 Å². The summed E-state index contributed by atoms with van der Waals surface area (Å²) in [4.78, 5) is 18.6. The maximum atomic E-state index is 12.7. The van der Waals surface area contributed by atoms with Crippen LogP contribution in [0.2, 0.25) is 0 Å². The number of benzene rings is 1. The molecule has 1 aromatic carbocycles. The Labute approximate surface area is 147 Å². The van der Waals surface area contributed by atoms with Crippen molar-refractivity contribution in [1.29, 1.82) is 0 Å². The lowest BCUT2D eigenvalue weighted by Crippen LogP contribution is -2.33. The normalized spacial score (nSPS) is 12.2. The lowest BCUT2D eigenvalue weighted by molar-refractivity contribution is -0.132. The van der Waals surface area contributed by atoms with Gasteiger partial charge in [-0.15, -0.1) is 0 Å². The van der Waals surface area contributed by atoms with E-state index in [1.165, 1.54) is 0 Å². The monoisotopic (exact) mass is 342 g/mol. The summed E-state index contributed by atoms with van der Waals surface area (Å²) in [7, 11) is 1.64. The summed E-state index contributed by atoms with van der Waals surface area (Å²) in [6.07, 6.45) is 4.65. The average molecular weight is 342 g/mol. The van der Waals surface area contributed by atoms with Gasteiger partial charge in [-0.2, -0.15) is 0 Å². The third-order valence-electron chi connectivity index (χ3n) is 4.08. The van der Waals surface area contributed by atoms with Crippen LogP contribution in [0.3, 0.4) is 0 Å². The summed E-state index contributed by atoms with van der Waals surface area (Å²) in [6, 6.07) is 9.64. The number of nitrogens with zero attached hydrogens (tertiary/aromatic N) is 2. The molecular formula is C19H22N2O4. The van der Waals surface area contributed by atoms with Crippen LogP contribution in [0.5, 0.6) is 11.5 Å². The molecule has 2 heterocycles. The number of aryl methyl sites for hydroxylation is 1. The lowest BCUT2D eigenvalue weighted by atomic mass is 10.1. The van der Waals surface area contributed by atoms with Crippen LogP contribution in [0.25, 0.3) is 0 Å². The van der Waals surface area contributed by atoms with Crippen molar-refractivity contribution in [3.05, 3.63) is 53.9 Å². The van der Waals surface area contributed by atoms with E-state index >= 15 is 0 Å². The molecule has 6 heteroatoms. The minimum absolute atomic E-state index is 0.0959. The van der Waals surface area contributed by atoms with Crippen molar-refractivity contribution in [3.8, 4) is 11.5 Å². The predicted molar refractivity (Wildman–Crippen MR) is 92.4 cm³/mol. The molecule has 25 heavy (non-hydrogen) atoms. The van der Waals surface area contributed by atoms with Crippen LogP contribution in [0.15, 0.2) is 42.7 Å². The van der Waals surface area contributed by atoms with Crippen molar-refractivity contribution in [1.82, 2.24) is 9.88 Å². The summed E-state index contributed by atoms with van der Waals surface area (Å²) in [5, 5.41) is 0. The first-order valence-corrected chi connectivity index (χ1v) is 8.30. The zero-order valence-electron chi connectivity index (χ0n) is 14.3. The fourth-order valence-electron chi connectivity index (χ4n) is 2.71. The average Bonchev–Trinajstić information content (AvgIpc) is 3.11. The first-order chi connectivity index (χ1) is 12.3. The molecule has 0 aliphatic carbocycles. The zero-order valence-corrected chi connectivity index (χ0v) is 14.3. The Bertz CT molecular complexity index is 706. The first kappa shape index (κ1) is 17.2. The van der Waals surface area contributed by atoms with Gasteiger partial charge in [0.25, 0.3) is 0 Å². The molecule has 1 aromatic heterocycles. The van der Waals surface area contributed by atoms with Crippen LogP contribution in [0.1, 0.15) is 17.5 Å². The summed E-state index contributed by atoms with van der Waals surface area (Å²) < 4.78 is 15.9. The van der Waals surface area contributed by atoms with Gasteiger partial charge in [-0.25, -0.2) is 0 Å². The molecule has 0 saturated carbocycles. The molecule has 132 valence electrons. The van der Waals surface area contributed by atoms with Gasteiger partial charge in [0, 0.05) is 39.0 Å². The number of carbonyl (C=O) groups excluding carboxylic acids is 1. The number of carbonyl (C=O) groups is 1. The van der Waals surface area contributed by atoms with E-state index in [1.54, 1.807) is 19.5 Å². The van der Waals surface area contributed by atoms with Crippen LogP contribution >= 0.6 is 0 Å². The van der Waals surface area contributed by atoms with Crippen molar-refractivity contribution in [2.24, 2.45) is 0 Å². The number of rotatable bonds is 8. The maximum Gasteiger partial charge on any atom is 0.231 e. The Hall–Kier alpha value is -2.60. The minimum atomic E-state index is 0.0959. The zero-order chi connectivity index (χ0) is 17.5. The van der Waals surface area contributed by atoms with Crippen molar-refractivity contribution in [2.75, 3.05) is 27.1 Å². The Morgan fingerprint density at radius 2 is 2.12 bits per heavy atom. The van der Waals surface area contributed by atoms with Crippen molar-refractivity contribution < 1.29 is 19.0 Å². The second-order valence-corrected chi connectivity index (χ2v) is 5.86. The molecule has 1 aliphatic rings. The molecule has 0 atom stereocenters. The van der Waals surface area contributed by atoms with Crippen molar-refractivity contribution in [3.63, 3.8) is 0 Å². The van der Waals surface area contributed by atoms with E-state index in [2.05, 4.69) is 4.98 Å². The van der Waals surface area contributed by atoms with E-state index in [4.69, 9.17) is 14.2 Å². The van der Waals surface area contributed by atoms with Gasteiger partial charge < -0.3 is 19.1 Å². The number of amides is 1. The molecule has 0 radical (unpaired) electrons. The van der Waals surface area contributed by atoms with E-state index in [1.807, 2.05) is 35.2 Å². The van der Waals surface area contributed by atoms with Crippen LogP contribution in [-0.4, -0.2) is 42.8 Å². The first-order valence-electron chi connectivity index (χ1n) is 8.30. The topological polar surface area (TPSA) is 60.9 Å². The summed E-state index contributed by atoms with van der Waals surface area (Å²) in [6.45, 7) is 1.82. The molecule has 2 aromatic rings. The van der Waals surface area contributed by atoms with Gasteiger partial charge in [0.05, 0.1) is 6.61 Å². The molecule has 0 spiro atoms. The second-order valence-electron chi connectivity index (χ2n) is 5.86. The van der Waals surface area contributed by atoms with E-state index in [0.717, 1.165) is 22.6 Å². The highest BCUT2D eigenvalue weighted by Gasteiger charge is 2.17. The van der Waals surface area contributed by atoms with Gasteiger partial charge >= 0.3 is 0 Å². The molecule has 3 rings (SSSR count). The van der Waals surface area contributed by atoms with Crippen LogP contribution in [0, 0.1) is 0 Å². The van der Waals surface area contributed by atoms with E-state index in [0.29, 0.717) is 32.5 Å². The van der Waals surface area contributed by atoms with E-state index in [9.17, 15) is 4.79 Å². The number of hydrogen-bond acceptors (Lipinski definition) is 5. The van der Waals surface area contributed by atoms with Gasteiger partial charge in [-0.3, -0.25) is 9.78 Å². The van der Waals surface area contributed by atoms with Gasteiger partial charge in [0.2, 0.25) is 12.7 Å². The summed E-state index contributed by atoms with van der Waals surface area (Å²) in [5.74, 6) is 1.57. The molecule has 0 N–H and O–H groups in total. The van der Waals surface area contributed by atoms with Crippen LogP contribution < -0.4 is 9.47 Å². The van der Waals surface area contributed by atoms with E-state index in [-0.39, 0.29) is 12.7 Å². The fourth-order valence-corrected chi connectivity index (χ4v) is 2.71. The smallest absolute Gasteiger partial charge is 0.231 e. The fraction of sp³-hybridized carbons (Fsp3) is 0.368. The largest absolute Gasteiger partial charge is 0.454 e. The maximum absolute atomic E-state index is 12.7. The summed E-state index contributed by atoms with van der Waals surface area (Å²) in [5.41, 5.74) is 2.07. The Balaban J connectivity index is 1.63. The molecular weight excluding hydrogens is 320 g/mol. The third-order valence-corrected chi connectivity index (χ3v) is 4.08. The molecule has 0 bridgehead atoms. The second kappa shape index (κ2) is 8.48. The number of aromatic nitrogens is 1. The van der Waals surface area contributed by atoms with Gasteiger partial charge in [0.1, 0.15) is 0 Å². The van der Waals surface area contributed by atoms with Gasteiger partial charge in [-0.05, 0) is 35.7 Å². The van der Waals surface area contributed by atoms with Crippen LogP contribution in [-0.2, 0) is 22.5 Å². The number of fused-ring (bicyclic) bond motifs is 1. The van der Waals surface area contributed by atoms with Crippen LogP contribution in [0.4, 0.5) is 0 Å². The van der Waals surface area contributed by atoms with Crippen molar-refractivity contribution in [2.45, 2.75) is 19.4 Å². The van der Waals surface area contributed by atoms with E-state index < -0.39 is 0 Å². The Morgan fingerprint density at radius 3 is 2.92 bits per heavy atom. The number of methoxy groups -OCH3 is 1. The SMILES string of the molecule is COCCN(Cc1ccc2c(c1)OCO2)C(=O)CCc1cccnc1. The third kappa shape index (κ3) is 4.70. The molecule has 0 fully saturated rings. The molecule has 0 unspecified atom stereocenters. The number of ether oxygens (including phenoxy) is 3. The lowest BCUT2D eigenvalue weighted by Gasteiger charge is -2.23. The highest BCUT2D eigenvalue weighted by atomic mass is 16.7. The number of hydrogen-bond donors (Lipinski definition) is 0. The predicted octanol–water partition coefficient (Wildman–Crippen LogP) is 2.42. The summed E-state index contributed by atoms with van der Waals surface area (Å²) >= 11 is 0. The standard InChI is InChI=1S/C19H22N2O4/c1-23-10-9-21(19(22)7-5-15-3-2-8-20-12-15)13-16-4-6-17-18(11-16)25-14-24-17/h2-4,6,8,11-12H,5,7,9-10,13-14H2,1H3.